The van der Waals surface area contributed by atoms with Crippen molar-refractivity contribution < 1.29 is 66.0 Å². The number of halogens is 2. The fraction of sp³-hybridized carbons (Fsp3) is 0.592. The number of ketones is 1. The Hall–Kier alpha value is -5.95. The summed E-state index contributed by atoms with van der Waals surface area (Å²) in [4.78, 5) is 74.4. The monoisotopic (exact) mass is 1050 g/mol. The molecule has 2 heterocycles. The maximum atomic E-state index is 14.2. The molecule has 6 amide bonds. The van der Waals surface area contributed by atoms with Crippen LogP contribution >= 0.6 is 11.8 Å². The van der Waals surface area contributed by atoms with Gasteiger partial charge in [0.2, 0.25) is 11.8 Å². The molecule has 2 aromatic carbocycles. The maximum absolute atomic E-state index is 14.2. The summed E-state index contributed by atoms with van der Waals surface area (Å²) in [6.07, 6.45) is 6.22. The lowest BCUT2D eigenvalue weighted by Crippen LogP contribution is -2.43. The summed E-state index contributed by atoms with van der Waals surface area (Å²) in [6.45, 7) is 7.96. The van der Waals surface area contributed by atoms with E-state index in [2.05, 4.69) is 36.9 Å². The molecule has 73 heavy (non-hydrogen) atoms. The van der Waals surface area contributed by atoms with Gasteiger partial charge in [0, 0.05) is 48.5 Å². The first-order valence-electron chi connectivity index (χ1n) is 24.5. The van der Waals surface area contributed by atoms with Crippen molar-refractivity contribution in [2.45, 2.75) is 108 Å². The number of hydrogen-bond donors (Lipinski definition) is 6. The second-order valence-corrected chi connectivity index (χ2v) is 19.3. The number of benzene rings is 2. The average Bonchev–Trinajstić information content (AvgIpc) is 4.01. The molecule has 1 fully saturated rings. The number of urea groups is 1. The summed E-state index contributed by atoms with van der Waals surface area (Å²) in [5, 5.41) is 22.5. The van der Waals surface area contributed by atoms with E-state index >= 15 is 0 Å². The molecule has 24 heteroatoms. The second-order valence-electron chi connectivity index (χ2n) is 17.9. The number of thioether (sulfide) groups is 1. The molecule has 404 valence electrons. The van der Waals surface area contributed by atoms with Gasteiger partial charge in [-0.05, 0) is 89.6 Å². The number of carbonyl (C=O) groups is 6. The first-order valence-corrected chi connectivity index (χ1v) is 25.5. The van der Waals surface area contributed by atoms with Crippen LogP contribution in [0, 0.1) is 11.6 Å². The van der Waals surface area contributed by atoms with Gasteiger partial charge in [0.1, 0.15) is 17.9 Å². The molecule has 0 spiro atoms. The number of amides is 6. The van der Waals surface area contributed by atoms with Gasteiger partial charge in [0.25, 0.3) is 5.91 Å². The molecular weight excluding hydrogens is 977 g/mol. The molecule has 1 saturated heterocycles. The van der Waals surface area contributed by atoms with Gasteiger partial charge in [-0.3, -0.25) is 19.2 Å². The van der Waals surface area contributed by atoms with Gasteiger partial charge in [-0.25, -0.2) is 23.1 Å². The number of rotatable bonds is 35. The van der Waals surface area contributed by atoms with Gasteiger partial charge in [0.05, 0.1) is 77.3 Å². The zero-order chi connectivity index (χ0) is 52.9. The summed E-state index contributed by atoms with van der Waals surface area (Å²) in [6, 6.07) is 8.09. The highest BCUT2D eigenvalue weighted by atomic mass is 32.2. The summed E-state index contributed by atoms with van der Waals surface area (Å²) in [5.41, 5.74) is 5.61. The van der Waals surface area contributed by atoms with Crippen LogP contribution in [0.25, 0.3) is 5.69 Å². The van der Waals surface area contributed by atoms with Crippen molar-refractivity contribution >= 4 is 47.4 Å². The Bertz CT molecular complexity index is 2180. The SMILES string of the molecule is CC(C)(C)OC(=O)NCCCCC(NC(=O)c1cccc(-n2cc(CNC(=O)CCOCCOCCOCCOCCNC(=O)CCCC[C@H]3C[C@H](NC(N)=O)CS3)nn2)c1)C(=O)COc1c(F)cccc1F. The average molecular weight is 1050 g/mol. The minimum atomic E-state index is -1.10. The van der Waals surface area contributed by atoms with Crippen molar-refractivity contribution in [3.63, 3.8) is 0 Å². The number of aromatic nitrogens is 3. The number of nitrogens with two attached hydrogens (primary N) is 1. The lowest BCUT2D eigenvalue weighted by Gasteiger charge is -2.20. The van der Waals surface area contributed by atoms with Crippen molar-refractivity contribution in [1.29, 1.82) is 0 Å². The predicted octanol–water partition coefficient (Wildman–Crippen LogP) is 4.28. The molecule has 3 aromatic rings. The molecule has 0 radical (unpaired) electrons. The van der Waals surface area contributed by atoms with Crippen LogP contribution < -0.4 is 37.1 Å². The number of nitrogens with zero attached hydrogens (tertiary/aromatic N) is 3. The summed E-state index contributed by atoms with van der Waals surface area (Å²) < 4.78 is 62.3. The number of nitrogens with one attached hydrogen (secondary N) is 5. The van der Waals surface area contributed by atoms with E-state index in [0.717, 1.165) is 43.6 Å². The van der Waals surface area contributed by atoms with Gasteiger partial charge in [-0.2, -0.15) is 11.8 Å². The van der Waals surface area contributed by atoms with E-state index in [-0.39, 0.29) is 56.0 Å². The minimum Gasteiger partial charge on any atom is -0.480 e. The topological polar surface area (TPSA) is 275 Å². The van der Waals surface area contributed by atoms with Crippen molar-refractivity contribution in [1.82, 2.24) is 41.6 Å². The molecule has 1 unspecified atom stereocenters. The fourth-order valence-electron chi connectivity index (χ4n) is 7.11. The van der Waals surface area contributed by atoms with Crippen LogP contribution in [0.2, 0.25) is 0 Å². The quantitative estimate of drug-likeness (QED) is 0.0449. The Morgan fingerprint density at radius 3 is 2.18 bits per heavy atom. The summed E-state index contributed by atoms with van der Waals surface area (Å²) in [5.74, 6) is -3.28. The normalized spacial score (nSPS) is 14.8. The number of primary amides is 1. The largest absolute Gasteiger partial charge is 0.480 e. The number of Topliss-reactive ketones (excluding diaryl/α,β-unsaturated/α-hetero) is 1. The van der Waals surface area contributed by atoms with Crippen LogP contribution in [-0.2, 0) is 44.6 Å². The van der Waals surface area contributed by atoms with E-state index in [1.54, 1.807) is 39.1 Å². The van der Waals surface area contributed by atoms with Crippen LogP contribution in [0.15, 0.2) is 48.7 Å². The number of carbonyl (C=O) groups excluding carboxylic acids is 6. The number of alkyl carbamates (subject to hydrolysis) is 1. The number of ether oxygens (including phenoxy) is 6. The molecule has 0 bridgehead atoms. The molecule has 1 aliphatic rings. The van der Waals surface area contributed by atoms with Crippen molar-refractivity contribution in [3.05, 3.63) is 71.6 Å². The van der Waals surface area contributed by atoms with Crippen LogP contribution in [0.1, 0.15) is 94.6 Å². The van der Waals surface area contributed by atoms with Gasteiger partial charge in [-0.1, -0.05) is 23.8 Å². The third kappa shape index (κ3) is 25.0. The summed E-state index contributed by atoms with van der Waals surface area (Å²) >= 11 is 1.84. The molecular formula is C49H71F2N9O12S. The van der Waals surface area contributed by atoms with Gasteiger partial charge in [0.15, 0.2) is 23.2 Å². The molecule has 4 rings (SSSR count). The molecule has 1 aliphatic heterocycles. The van der Waals surface area contributed by atoms with Crippen molar-refractivity contribution in [3.8, 4) is 11.4 Å². The van der Waals surface area contributed by atoms with E-state index in [1.807, 2.05) is 11.8 Å². The van der Waals surface area contributed by atoms with Crippen LogP contribution in [0.4, 0.5) is 18.4 Å². The predicted molar refractivity (Wildman–Crippen MR) is 266 cm³/mol. The zero-order valence-electron chi connectivity index (χ0n) is 41.9. The van der Waals surface area contributed by atoms with Crippen LogP contribution in [0.3, 0.4) is 0 Å². The molecule has 0 aliphatic carbocycles. The highest BCUT2D eigenvalue weighted by Gasteiger charge is 2.26. The van der Waals surface area contributed by atoms with Gasteiger partial charge < -0.3 is 60.7 Å². The molecule has 3 atom stereocenters. The second kappa shape index (κ2) is 33.0. The lowest BCUT2D eigenvalue weighted by atomic mass is 10.0. The van der Waals surface area contributed by atoms with E-state index in [4.69, 9.17) is 34.2 Å². The fourth-order valence-corrected chi connectivity index (χ4v) is 8.54. The third-order valence-corrected chi connectivity index (χ3v) is 12.2. The number of para-hydroxylation sites is 1. The Morgan fingerprint density at radius 1 is 0.808 bits per heavy atom. The van der Waals surface area contributed by atoms with E-state index in [1.165, 1.54) is 22.9 Å². The van der Waals surface area contributed by atoms with E-state index in [0.29, 0.717) is 88.7 Å². The van der Waals surface area contributed by atoms with E-state index in [9.17, 15) is 37.5 Å². The minimum absolute atomic E-state index is 0.00166. The number of unbranched alkanes of at least 4 members (excludes halogenated alkanes) is 2. The van der Waals surface area contributed by atoms with E-state index < -0.39 is 59.4 Å². The Kier molecular flexibility index (Phi) is 26.9. The van der Waals surface area contributed by atoms with Gasteiger partial charge >= 0.3 is 12.1 Å². The van der Waals surface area contributed by atoms with Crippen molar-refractivity contribution in [2.24, 2.45) is 5.73 Å². The Morgan fingerprint density at radius 2 is 1.48 bits per heavy atom. The first-order chi connectivity index (χ1) is 35.1. The highest BCUT2D eigenvalue weighted by molar-refractivity contribution is 8.00. The Labute approximate surface area is 428 Å². The molecule has 7 N–H and O–H groups in total. The molecule has 1 aromatic heterocycles. The maximum Gasteiger partial charge on any atom is 0.407 e. The first kappa shape index (κ1) is 59.6. The zero-order valence-corrected chi connectivity index (χ0v) is 42.7. The van der Waals surface area contributed by atoms with Crippen molar-refractivity contribution in [2.75, 3.05) is 78.3 Å². The van der Waals surface area contributed by atoms with Crippen LogP contribution in [0.5, 0.6) is 5.75 Å². The highest BCUT2D eigenvalue weighted by Crippen LogP contribution is 2.30. The smallest absolute Gasteiger partial charge is 0.407 e. The summed E-state index contributed by atoms with van der Waals surface area (Å²) in [7, 11) is 0. The van der Waals surface area contributed by atoms with Crippen LogP contribution in [-0.4, -0.2) is 152 Å². The molecule has 0 saturated carbocycles. The number of hydrogen-bond acceptors (Lipinski definition) is 15. The van der Waals surface area contributed by atoms with Gasteiger partial charge in [-0.15, -0.1) is 5.10 Å². The molecule has 21 nitrogen and oxygen atoms in total. The Balaban J connectivity index is 1.04. The third-order valence-electron chi connectivity index (χ3n) is 10.7. The lowest BCUT2D eigenvalue weighted by molar-refractivity contribution is -0.123. The standard InChI is InChI=1S/C49H71F2N9O12S/c1-49(2,3)72-48(66)54-18-7-6-15-41(42(61)32-71-45-39(50)13-9-14-40(45)51)57-46(64)34-10-8-11-37(28-34)60-31-36(58-59-60)30-55-44(63)17-20-67-22-24-69-26-27-70-25-23-68-21-19-53-43(62)16-5-4-12-38-29-35(33-73-38)56-47(52)65/h8-11,13-14,28,31,35,38,41H,4-7,12,15-27,29-30,32-33H2,1-3H3,(H,53,62)(H,54,66)(H,55,63)(H,57,64)(H3,52,56,65)/t35-,38-,41?/m0/s1.